The Hall–Kier alpha value is -2.38. The smallest absolute Gasteiger partial charge is 0.261 e. The molecule has 1 fully saturated rings. The van der Waals surface area contributed by atoms with E-state index in [9.17, 15) is 13.2 Å². The molecule has 0 aromatic heterocycles. The molecule has 0 atom stereocenters. The van der Waals surface area contributed by atoms with Gasteiger partial charge in [0, 0.05) is 18.7 Å². The predicted octanol–water partition coefficient (Wildman–Crippen LogP) is 3.70. The summed E-state index contributed by atoms with van der Waals surface area (Å²) in [5.41, 5.74) is 3.55. The first-order valence-corrected chi connectivity index (χ1v) is 11.3. The van der Waals surface area contributed by atoms with Gasteiger partial charge < -0.3 is 9.64 Å². The summed E-state index contributed by atoms with van der Waals surface area (Å²) in [6.45, 7) is 9.76. The number of para-hydroxylation sites is 1. The molecule has 1 heterocycles. The summed E-state index contributed by atoms with van der Waals surface area (Å²) in [4.78, 5) is 14.7. The molecule has 0 spiro atoms. The van der Waals surface area contributed by atoms with Crippen molar-refractivity contribution in [1.82, 2.24) is 4.90 Å². The molecule has 7 heteroatoms. The maximum absolute atomic E-state index is 13.1. The average molecular weight is 417 g/mol. The van der Waals surface area contributed by atoms with Crippen LogP contribution in [-0.4, -0.2) is 45.5 Å². The number of rotatable bonds is 5. The minimum Gasteiger partial charge on any atom is -0.378 e. The molecule has 1 amide bonds. The lowest BCUT2D eigenvalue weighted by Crippen LogP contribution is -2.41. The highest BCUT2D eigenvalue weighted by Gasteiger charge is 2.24. The van der Waals surface area contributed by atoms with Crippen LogP contribution in [0.1, 0.15) is 46.8 Å². The number of carbonyl (C=O) groups excluding carboxylic acids is 1. The third-order valence-electron chi connectivity index (χ3n) is 5.21. The van der Waals surface area contributed by atoms with E-state index in [1.165, 1.54) is 6.07 Å². The van der Waals surface area contributed by atoms with E-state index in [1.54, 1.807) is 17.0 Å². The summed E-state index contributed by atoms with van der Waals surface area (Å²) in [5.74, 6) is 0.00527. The lowest BCUT2D eigenvalue weighted by molar-refractivity contribution is 0.0302. The van der Waals surface area contributed by atoms with Gasteiger partial charge in [-0.15, -0.1) is 0 Å². The Kier molecular flexibility index (Phi) is 6.29. The van der Waals surface area contributed by atoms with E-state index >= 15 is 0 Å². The zero-order valence-corrected chi connectivity index (χ0v) is 18.2. The zero-order chi connectivity index (χ0) is 21.2. The Morgan fingerprint density at radius 3 is 2.41 bits per heavy atom. The fourth-order valence-electron chi connectivity index (χ4n) is 3.44. The summed E-state index contributed by atoms with van der Waals surface area (Å²) in [5, 5.41) is 0. The largest absolute Gasteiger partial charge is 0.378 e. The van der Waals surface area contributed by atoms with Crippen molar-refractivity contribution >= 4 is 21.6 Å². The average Bonchev–Trinajstić information content (AvgIpc) is 2.69. The van der Waals surface area contributed by atoms with Gasteiger partial charge >= 0.3 is 0 Å². The molecular formula is C22H28N2O4S. The van der Waals surface area contributed by atoms with Crippen LogP contribution in [-0.2, 0) is 14.8 Å². The second-order valence-electron chi connectivity index (χ2n) is 7.68. The van der Waals surface area contributed by atoms with Crippen LogP contribution in [0.3, 0.4) is 0 Å². The van der Waals surface area contributed by atoms with Gasteiger partial charge in [-0.2, -0.15) is 0 Å². The van der Waals surface area contributed by atoms with Gasteiger partial charge in [0.25, 0.3) is 15.9 Å². The molecule has 2 aromatic rings. The quantitative estimate of drug-likeness (QED) is 0.806. The molecular weight excluding hydrogens is 388 g/mol. The molecule has 1 aliphatic rings. The molecule has 0 aliphatic carbocycles. The number of carbonyl (C=O) groups is 1. The number of ether oxygens (including phenoxy) is 1. The van der Waals surface area contributed by atoms with E-state index < -0.39 is 10.0 Å². The normalized spacial score (nSPS) is 14.9. The lowest BCUT2D eigenvalue weighted by Gasteiger charge is -2.27. The van der Waals surface area contributed by atoms with E-state index in [0.29, 0.717) is 37.6 Å². The fraction of sp³-hybridized carbons (Fsp3) is 0.409. The van der Waals surface area contributed by atoms with Crippen LogP contribution in [0.25, 0.3) is 0 Å². The fourth-order valence-corrected chi connectivity index (χ4v) is 4.63. The highest BCUT2D eigenvalue weighted by atomic mass is 32.2. The van der Waals surface area contributed by atoms with Crippen molar-refractivity contribution in [2.24, 2.45) is 0 Å². The molecule has 0 radical (unpaired) electrons. The first-order valence-electron chi connectivity index (χ1n) is 9.80. The Balaban J connectivity index is 1.95. The van der Waals surface area contributed by atoms with Crippen LogP contribution in [0.4, 0.5) is 5.69 Å². The van der Waals surface area contributed by atoms with Gasteiger partial charge in [0.2, 0.25) is 0 Å². The Labute approximate surface area is 172 Å². The third kappa shape index (κ3) is 4.62. The van der Waals surface area contributed by atoms with Crippen molar-refractivity contribution in [3.05, 3.63) is 58.7 Å². The minimum atomic E-state index is -3.84. The number of amides is 1. The third-order valence-corrected chi connectivity index (χ3v) is 6.56. The van der Waals surface area contributed by atoms with E-state index in [4.69, 9.17) is 4.74 Å². The second kappa shape index (κ2) is 8.55. The first kappa shape index (κ1) is 21.3. The molecule has 2 aromatic carbocycles. The van der Waals surface area contributed by atoms with Crippen LogP contribution in [0.15, 0.2) is 41.3 Å². The van der Waals surface area contributed by atoms with Crippen LogP contribution in [0.2, 0.25) is 0 Å². The van der Waals surface area contributed by atoms with E-state index in [-0.39, 0.29) is 16.7 Å². The summed E-state index contributed by atoms with van der Waals surface area (Å²) < 4.78 is 34.3. The monoisotopic (exact) mass is 416 g/mol. The highest BCUT2D eigenvalue weighted by Crippen LogP contribution is 2.30. The summed E-state index contributed by atoms with van der Waals surface area (Å²) in [6.07, 6.45) is 0. The van der Waals surface area contributed by atoms with Crippen molar-refractivity contribution in [2.45, 2.75) is 38.5 Å². The maximum atomic E-state index is 13.1. The number of aryl methyl sites for hydroxylation is 2. The number of nitrogens with one attached hydrogen (secondary N) is 1. The van der Waals surface area contributed by atoms with Gasteiger partial charge in [-0.25, -0.2) is 8.42 Å². The van der Waals surface area contributed by atoms with Crippen molar-refractivity contribution in [3.63, 3.8) is 0 Å². The minimum absolute atomic E-state index is 0.0812. The van der Waals surface area contributed by atoms with Crippen molar-refractivity contribution in [1.29, 1.82) is 0 Å². The molecule has 1 aliphatic heterocycles. The number of morpholine rings is 1. The lowest BCUT2D eigenvalue weighted by atomic mass is 9.99. The SMILES string of the molecule is Cc1ccc(S(=O)(=O)Nc2c(C)cccc2C(C)C)cc1C(=O)N1CCOCC1. The number of nitrogens with zero attached hydrogens (tertiary/aromatic N) is 1. The molecule has 0 unspecified atom stereocenters. The van der Waals surface area contributed by atoms with Crippen LogP contribution < -0.4 is 4.72 Å². The van der Waals surface area contributed by atoms with Gasteiger partial charge in [-0.3, -0.25) is 9.52 Å². The number of anilines is 1. The van der Waals surface area contributed by atoms with Gasteiger partial charge in [-0.05, 0) is 48.6 Å². The van der Waals surface area contributed by atoms with Crippen molar-refractivity contribution < 1.29 is 17.9 Å². The van der Waals surface area contributed by atoms with Gasteiger partial charge in [-0.1, -0.05) is 38.1 Å². The number of hydrogen-bond donors (Lipinski definition) is 1. The van der Waals surface area contributed by atoms with E-state index in [2.05, 4.69) is 4.72 Å². The van der Waals surface area contributed by atoms with E-state index in [1.807, 2.05) is 45.9 Å². The molecule has 1 saturated heterocycles. The summed E-state index contributed by atoms with van der Waals surface area (Å²) in [7, 11) is -3.84. The Morgan fingerprint density at radius 1 is 1.07 bits per heavy atom. The first-order chi connectivity index (χ1) is 13.7. The Bertz CT molecular complexity index is 1010. The maximum Gasteiger partial charge on any atom is 0.261 e. The molecule has 0 saturated carbocycles. The summed E-state index contributed by atoms with van der Waals surface area (Å²) in [6, 6.07) is 10.4. The van der Waals surface area contributed by atoms with Crippen molar-refractivity contribution in [3.8, 4) is 0 Å². The van der Waals surface area contributed by atoms with Gasteiger partial charge in [0.05, 0.1) is 23.8 Å². The number of sulfonamides is 1. The zero-order valence-electron chi connectivity index (χ0n) is 17.4. The molecule has 29 heavy (non-hydrogen) atoms. The van der Waals surface area contributed by atoms with Gasteiger partial charge in [0.15, 0.2) is 0 Å². The molecule has 0 bridgehead atoms. The van der Waals surface area contributed by atoms with Crippen molar-refractivity contribution in [2.75, 3.05) is 31.0 Å². The molecule has 3 rings (SSSR count). The van der Waals surface area contributed by atoms with Gasteiger partial charge in [0.1, 0.15) is 0 Å². The highest BCUT2D eigenvalue weighted by molar-refractivity contribution is 7.92. The molecule has 156 valence electrons. The number of hydrogen-bond acceptors (Lipinski definition) is 4. The van der Waals surface area contributed by atoms with Crippen LogP contribution in [0.5, 0.6) is 0 Å². The van der Waals surface area contributed by atoms with Crippen LogP contribution in [0, 0.1) is 13.8 Å². The second-order valence-corrected chi connectivity index (χ2v) is 9.36. The van der Waals surface area contributed by atoms with E-state index in [0.717, 1.165) is 16.7 Å². The van der Waals surface area contributed by atoms with Crippen LogP contribution >= 0.6 is 0 Å². The predicted molar refractivity (Wildman–Crippen MR) is 114 cm³/mol. The Morgan fingerprint density at radius 2 is 1.76 bits per heavy atom. The standard InChI is InChI=1S/C22H28N2O4S/c1-15(2)19-7-5-6-17(4)21(19)23-29(26,27)18-9-8-16(3)20(14-18)22(25)24-10-12-28-13-11-24/h5-9,14-15,23H,10-13H2,1-4H3. The molecule has 6 nitrogen and oxygen atoms in total. The number of benzene rings is 2. The summed E-state index contributed by atoms with van der Waals surface area (Å²) >= 11 is 0. The molecule has 1 N–H and O–H groups in total. The topological polar surface area (TPSA) is 75.7 Å².